The van der Waals surface area contributed by atoms with E-state index in [9.17, 15) is 19.6 Å². The van der Waals surface area contributed by atoms with E-state index in [2.05, 4.69) is 4.98 Å². The topological polar surface area (TPSA) is 114 Å². The number of hydrogen-bond acceptors (Lipinski definition) is 6. The first kappa shape index (κ1) is 17.0. The molecule has 0 bridgehead atoms. The number of carbonyl (C=O) groups excluding carboxylic acids is 1. The Hall–Kier alpha value is -2.40. The van der Waals surface area contributed by atoms with E-state index in [-0.39, 0.29) is 11.8 Å². The average Bonchev–Trinajstić information content (AvgIpc) is 2.73. The molecule has 8 heteroatoms. The Morgan fingerprint density at radius 3 is 2.65 bits per heavy atom. The minimum atomic E-state index is -1.82. The van der Waals surface area contributed by atoms with Gasteiger partial charge in [0, 0.05) is 25.1 Å². The second-order valence-corrected chi connectivity index (χ2v) is 6.00. The largest absolute Gasteiger partial charge is 0.456 e. The van der Waals surface area contributed by atoms with Crippen LogP contribution >= 0.6 is 0 Å². The van der Waals surface area contributed by atoms with Crippen molar-refractivity contribution in [2.24, 2.45) is 11.8 Å². The van der Waals surface area contributed by atoms with Crippen molar-refractivity contribution in [1.82, 2.24) is 9.55 Å². The Balaban J connectivity index is 2.65. The Kier molecular flexibility index (Phi) is 4.43. The average molecular weight is 321 g/mol. The van der Waals surface area contributed by atoms with E-state index >= 15 is 0 Å². The fourth-order valence-electron chi connectivity index (χ4n) is 3.04. The number of esters is 1. The van der Waals surface area contributed by atoms with Gasteiger partial charge in [-0.3, -0.25) is 19.1 Å². The smallest absolute Gasteiger partial charge is 0.331 e. The highest BCUT2D eigenvalue weighted by molar-refractivity contribution is 5.66. The van der Waals surface area contributed by atoms with Gasteiger partial charge in [0.1, 0.15) is 6.07 Å². The van der Waals surface area contributed by atoms with Gasteiger partial charge in [0.2, 0.25) is 0 Å². The van der Waals surface area contributed by atoms with Crippen LogP contribution in [0.4, 0.5) is 0 Å². The van der Waals surface area contributed by atoms with E-state index in [1.807, 2.05) is 19.9 Å². The summed E-state index contributed by atoms with van der Waals surface area (Å²) in [5.41, 5.74) is -3.20. The van der Waals surface area contributed by atoms with Crippen LogP contribution in [-0.2, 0) is 20.0 Å². The van der Waals surface area contributed by atoms with Gasteiger partial charge in [-0.1, -0.05) is 20.8 Å². The molecule has 1 aliphatic rings. The van der Waals surface area contributed by atoms with E-state index in [4.69, 9.17) is 9.47 Å². The number of nitrogens with zero attached hydrogens (tertiary/aromatic N) is 2. The third-order valence-electron chi connectivity index (χ3n) is 3.99. The molecule has 0 aliphatic carbocycles. The third kappa shape index (κ3) is 2.80. The number of aromatic nitrogens is 2. The van der Waals surface area contributed by atoms with Crippen molar-refractivity contribution in [2.45, 2.75) is 45.6 Å². The zero-order valence-electron chi connectivity index (χ0n) is 13.4. The van der Waals surface area contributed by atoms with Gasteiger partial charge >= 0.3 is 11.7 Å². The fraction of sp³-hybridized carbons (Fsp3) is 0.600. The lowest BCUT2D eigenvalue weighted by Crippen LogP contribution is -2.51. The second-order valence-electron chi connectivity index (χ2n) is 6.00. The highest BCUT2D eigenvalue weighted by atomic mass is 16.6. The molecule has 4 atom stereocenters. The first-order chi connectivity index (χ1) is 10.7. The van der Waals surface area contributed by atoms with Crippen molar-refractivity contribution in [3.8, 4) is 6.07 Å². The van der Waals surface area contributed by atoms with Gasteiger partial charge in [-0.15, -0.1) is 0 Å². The molecule has 124 valence electrons. The van der Waals surface area contributed by atoms with Gasteiger partial charge in [0.15, 0.2) is 6.10 Å². The Morgan fingerprint density at radius 2 is 2.17 bits per heavy atom. The van der Waals surface area contributed by atoms with Crippen LogP contribution in [0, 0.1) is 23.2 Å². The normalized spacial score (nSPS) is 30.2. The van der Waals surface area contributed by atoms with Crippen molar-refractivity contribution in [3.05, 3.63) is 33.1 Å². The summed E-state index contributed by atoms with van der Waals surface area (Å²) in [7, 11) is 0. The molecule has 1 aromatic heterocycles. The number of nitriles is 1. The first-order valence-corrected chi connectivity index (χ1v) is 7.31. The molecule has 0 spiro atoms. The SMILES string of the molecule is CC(=O)O[C@H]1[C@H](C)[C@@H](C(C)C)O[C@@]1(C#N)n1ccc(=O)[nH]c1=O. The molecule has 2 rings (SSSR count). The van der Waals surface area contributed by atoms with Crippen LogP contribution in [0.5, 0.6) is 0 Å². The molecule has 1 aromatic rings. The predicted octanol–water partition coefficient (Wildman–Crippen LogP) is 0.336. The summed E-state index contributed by atoms with van der Waals surface area (Å²) in [5.74, 6) is -0.846. The number of carbonyl (C=O) groups is 1. The van der Waals surface area contributed by atoms with Crippen LogP contribution < -0.4 is 11.2 Å². The van der Waals surface area contributed by atoms with Crippen LogP contribution in [0.3, 0.4) is 0 Å². The first-order valence-electron chi connectivity index (χ1n) is 7.31. The maximum atomic E-state index is 12.1. The number of hydrogen-bond donors (Lipinski definition) is 1. The zero-order chi connectivity index (χ0) is 17.4. The molecule has 0 radical (unpaired) electrons. The summed E-state index contributed by atoms with van der Waals surface area (Å²) in [6.07, 6.45) is -0.185. The molecular weight excluding hydrogens is 302 g/mol. The highest BCUT2D eigenvalue weighted by Crippen LogP contribution is 2.42. The maximum absolute atomic E-state index is 12.1. The molecule has 0 saturated carbocycles. The molecule has 1 N–H and O–H groups in total. The maximum Gasteiger partial charge on any atom is 0.331 e. The summed E-state index contributed by atoms with van der Waals surface area (Å²) >= 11 is 0. The summed E-state index contributed by atoms with van der Waals surface area (Å²) in [6.45, 7) is 6.85. The molecule has 1 aliphatic heterocycles. The Morgan fingerprint density at radius 1 is 1.52 bits per heavy atom. The van der Waals surface area contributed by atoms with Crippen molar-refractivity contribution in [2.75, 3.05) is 0 Å². The van der Waals surface area contributed by atoms with E-state index in [0.29, 0.717) is 0 Å². The fourth-order valence-corrected chi connectivity index (χ4v) is 3.04. The lowest BCUT2D eigenvalue weighted by atomic mass is 9.90. The molecule has 0 unspecified atom stereocenters. The third-order valence-corrected chi connectivity index (χ3v) is 3.99. The highest BCUT2D eigenvalue weighted by Gasteiger charge is 2.58. The lowest BCUT2D eigenvalue weighted by Gasteiger charge is -2.29. The molecule has 1 fully saturated rings. The molecule has 2 heterocycles. The van der Waals surface area contributed by atoms with Crippen LogP contribution in [0.2, 0.25) is 0 Å². The van der Waals surface area contributed by atoms with Gasteiger partial charge in [0.05, 0.1) is 6.10 Å². The van der Waals surface area contributed by atoms with Crippen LogP contribution in [-0.4, -0.2) is 27.7 Å². The summed E-state index contributed by atoms with van der Waals surface area (Å²) in [4.78, 5) is 37.0. The number of rotatable bonds is 3. The summed E-state index contributed by atoms with van der Waals surface area (Å²) < 4.78 is 12.2. The lowest BCUT2D eigenvalue weighted by molar-refractivity contribution is -0.163. The standard InChI is InChI=1S/C15H19N3O5/c1-8(2)12-9(3)13(22-10(4)19)15(7-16,23-12)18-6-5-11(20)17-14(18)21/h5-6,8-9,12-13H,1-4H3,(H,17,20,21)/t9-,12-,13+,15-/m1/s1. The van der Waals surface area contributed by atoms with Gasteiger partial charge < -0.3 is 9.47 Å². The molecule has 0 aromatic carbocycles. The summed E-state index contributed by atoms with van der Waals surface area (Å²) in [5, 5.41) is 9.75. The van der Waals surface area contributed by atoms with Crippen molar-refractivity contribution < 1.29 is 14.3 Å². The number of ether oxygens (including phenoxy) is 2. The van der Waals surface area contributed by atoms with Gasteiger partial charge in [0.25, 0.3) is 11.3 Å². The van der Waals surface area contributed by atoms with E-state index in [1.54, 1.807) is 6.92 Å². The van der Waals surface area contributed by atoms with Crippen molar-refractivity contribution in [3.63, 3.8) is 0 Å². The quantitative estimate of drug-likeness (QED) is 0.803. The molecule has 23 heavy (non-hydrogen) atoms. The monoisotopic (exact) mass is 321 g/mol. The molecule has 1 saturated heterocycles. The van der Waals surface area contributed by atoms with E-state index in [0.717, 1.165) is 10.6 Å². The zero-order valence-corrected chi connectivity index (χ0v) is 13.4. The Bertz CT molecular complexity index is 759. The number of aromatic amines is 1. The van der Waals surface area contributed by atoms with Crippen LogP contribution in [0.1, 0.15) is 27.7 Å². The van der Waals surface area contributed by atoms with Crippen LogP contribution in [0.15, 0.2) is 21.9 Å². The van der Waals surface area contributed by atoms with Gasteiger partial charge in [-0.2, -0.15) is 5.26 Å². The van der Waals surface area contributed by atoms with Gasteiger partial charge in [-0.25, -0.2) is 4.79 Å². The van der Waals surface area contributed by atoms with Crippen molar-refractivity contribution >= 4 is 5.97 Å². The minimum absolute atomic E-state index is 0.0387. The van der Waals surface area contributed by atoms with E-state index in [1.165, 1.54) is 13.1 Å². The molecular formula is C15H19N3O5. The molecule has 0 amide bonds. The van der Waals surface area contributed by atoms with E-state index < -0.39 is 35.2 Å². The minimum Gasteiger partial charge on any atom is -0.456 e. The van der Waals surface area contributed by atoms with Crippen molar-refractivity contribution in [1.29, 1.82) is 5.26 Å². The molecule has 8 nitrogen and oxygen atoms in total. The number of nitrogens with one attached hydrogen (secondary N) is 1. The second kappa shape index (κ2) is 6.01. The summed E-state index contributed by atoms with van der Waals surface area (Å²) in [6, 6.07) is 3.08. The van der Waals surface area contributed by atoms with Gasteiger partial charge in [-0.05, 0) is 5.92 Å². The van der Waals surface area contributed by atoms with Crippen LogP contribution in [0.25, 0.3) is 0 Å². The Labute approximate surface area is 132 Å². The number of H-pyrrole nitrogens is 1. The predicted molar refractivity (Wildman–Crippen MR) is 79.3 cm³/mol.